The lowest BCUT2D eigenvalue weighted by molar-refractivity contribution is -0.190. The van der Waals surface area contributed by atoms with Crippen molar-refractivity contribution < 1.29 is 19.4 Å². The highest BCUT2D eigenvalue weighted by Gasteiger charge is 2.66. The fourth-order valence-corrected chi connectivity index (χ4v) is 3.29. The molecule has 6 nitrogen and oxygen atoms in total. The van der Waals surface area contributed by atoms with Crippen LogP contribution in [-0.4, -0.2) is 39.8 Å². The number of halogens is 1. The van der Waals surface area contributed by atoms with E-state index < -0.39 is 22.8 Å². The van der Waals surface area contributed by atoms with E-state index in [4.69, 9.17) is 16.3 Å². The Morgan fingerprint density at radius 3 is 2.59 bits per heavy atom. The predicted octanol–water partition coefficient (Wildman–Crippen LogP) is 2.07. The van der Waals surface area contributed by atoms with Gasteiger partial charge in [0, 0.05) is 31.7 Å². The molecule has 122 valence electrons. The fraction of sp³-hybridized carbons (Fsp3) is 0.600. The molecule has 0 saturated heterocycles. The highest BCUT2D eigenvalue weighted by atomic mass is 35.5. The summed E-state index contributed by atoms with van der Waals surface area (Å²) in [6.45, 7) is 5.96. The third-order valence-electron chi connectivity index (χ3n) is 4.66. The Kier molecular flexibility index (Phi) is 4.28. The lowest BCUT2D eigenvalue weighted by Crippen LogP contribution is -2.76. The second-order valence-corrected chi connectivity index (χ2v) is 6.63. The zero-order valence-electron chi connectivity index (χ0n) is 13.1. The van der Waals surface area contributed by atoms with Crippen LogP contribution in [0, 0.1) is 5.41 Å². The summed E-state index contributed by atoms with van der Waals surface area (Å²) in [6.07, 6.45) is 1.64. The normalized spacial score (nSPS) is 26.3. The molecule has 1 fully saturated rings. The van der Waals surface area contributed by atoms with Crippen molar-refractivity contribution in [3.05, 3.63) is 23.0 Å². The molecule has 0 unspecified atom stereocenters. The number of nitrogens with zero attached hydrogens (tertiary/aromatic N) is 1. The van der Waals surface area contributed by atoms with Gasteiger partial charge in [-0.05, 0) is 13.0 Å². The van der Waals surface area contributed by atoms with Crippen LogP contribution in [0.4, 0.5) is 0 Å². The van der Waals surface area contributed by atoms with E-state index in [1.807, 2.05) is 6.92 Å². The molecule has 1 aliphatic carbocycles. The Balaban J connectivity index is 2.26. The van der Waals surface area contributed by atoms with Crippen LogP contribution in [0.5, 0.6) is 0 Å². The summed E-state index contributed by atoms with van der Waals surface area (Å²) in [7, 11) is 1.68. The van der Waals surface area contributed by atoms with Gasteiger partial charge in [0.05, 0.1) is 11.1 Å². The summed E-state index contributed by atoms with van der Waals surface area (Å²) in [6, 6.07) is 1.51. The van der Waals surface area contributed by atoms with Gasteiger partial charge in [0.2, 0.25) is 0 Å². The van der Waals surface area contributed by atoms with Gasteiger partial charge in [-0.3, -0.25) is 4.79 Å². The van der Waals surface area contributed by atoms with Gasteiger partial charge in [-0.1, -0.05) is 25.4 Å². The summed E-state index contributed by atoms with van der Waals surface area (Å²) in [5.41, 5.74) is -1.73. The first kappa shape index (κ1) is 16.8. The van der Waals surface area contributed by atoms with Gasteiger partial charge in [-0.2, -0.15) is 0 Å². The minimum atomic E-state index is -1.35. The van der Waals surface area contributed by atoms with Gasteiger partial charge >= 0.3 is 5.97 Å². The van der Waals surface area contributed by atoms with Crippen LogP contribution in [0.15, 0.2) is 12.3 Å². The number of carbonyl (C=O) groups is 2. The number of carbonyl (C=O) groups excluding carboxylic acids is 1. The molecule has 1 aromatic rings. The SMILES string of the molecule is CCO[C@@H]1C[C@](NC(=O)c2cc(Cl)cn2C)(C(=O)O)C1(C)C. The zero-order valence-corrected chi connectivity index (χ0v) is 13.9. The van der Waals surface area contributed by atoms with Crippen molar-refractivity contribution in [1.29, 1.82) is 0 Å². The van der Waals surface area contributed by atoms with Crippen LogP contribution in [0.25, 0.3) is 0 Å². The Morgan fingerprint density at radius 2 is 2.18 bits per heavy atom. The molecule has 1 aliphatic rings. The Bertz CT molecular complexity index is 611. The molecule has 7 heteroatoms. The monoisotopic (exact) mass is 328 g/mol. The van der Waals surface area contributed by atoms with Crippen LogP contribution in [-0.2, 0) is 16.6 Å². The Hall–Kier alpha value is -1.53. The molecule has 1 amide bonds. The van der Waals surface area contributed by atoms with E-state index >= 15 is 0 Å². The second-order valence-electron chi connectivity index (χ2n) is 6.19. The van der Waals surface area contributed by atoms with Gasteiger partial charge < -0.3 is 19.7 Å². The maximum absolute atomic E-state index is 12.4. The minimum absolute atomic E-state index is 0.203. The largest absolute Gasteiger partial charge is 0.479 e. The van der Waals surface area contributed by atoms with Crippen LogP contribution in [0.3, 0.4) is 0 Å². The highest BCUT2D eigenvalue weighted by Crippen LogP contribution is 2.51. The van der Waals surface area contributed by atoms with Crippen molar-refractivity contribution in [3.63, 3.8) is 0 Å². The van der Waals surface area contributed by atoms with Gasteiger partial charge in [-0.25, -0.2) is 4.79 Å². The number of carboxylic acid groups (broad SMARTS) is 1. The first-order valence-electron chi connectivity index (χ1n) is 7.15. The van der Waals surface area contributed by atoms with E-state index in [2.05, 4.69) is 5.32 Å². The molecular weight excluding hydrogens is 308 g/mol. The van der Waals surface area contributed by atoms with E-state index in [9.17, 15) is 14.7 Å². The highest BCUT2D eigenvalue weighted by molar-refractivity contribution is 6.31. The van der Waals surface area contributed by atoms with Gasteiger partial charge in [0.15, 0.2) is 0 Å². The van der Waals surface area contributed by atoms with Crippen molar-refractivity contribution in [3.8, 4) is 0 Å². The van der Waals surface area contributed by atoms with Crippen molar-refractivity contribution in [1.82, 2.24) is 9.88 Å². The summed E-state index contributed by atoms with van der Waals surface area (Å²) < 4.78 is 7.14. The molecule has 2 atom stereocenters. The first-order valence-corrected chi connectivity index (χ1v) is 7.53. The first-order chi connectivity index (χ1) is 10.2. The van der Waals surface area contributed by atoms with Crippen LogP contribution < -0.4 is 5.32 Å². The van der Waals surface area contributed by atoms with Gasteiger partial charge in [0.1, 0.15) is 11.2 Å². The Labute approximate surface area is 134 Å². The van der Waals surface area contributed by atoms with Crippen LogP contribution in [0.2, 0.25) is 5.02 Å². The summed E-state index contributed by atoms with van der Waals surface area (Å²) >= 11 is 5.87. The third kappa shape index (κ3) is 2.40. The van der Waals surface area contributed by atoms with E-state index in [0.717, 1.165) is 0 Å². The third-order valence-corrected chi connectivity index (χ3v) is 4.87. The molecule has 2 rings (SSSR count). The topological polar surface area (TPSA) is 80.6 Å². The number of hydrogen-bond acceptors (Lipinski definition) is 3. The lowest BCUT2D eigenvalue weighted by atomic mass is 9.54. The van der Waals surface area contributed by atoms with Crippen molar-refractivity contribution >= 4 is 23.5 Å². The van der Waals surface area contributed by atoms with E-state index in [1.54, 1.807) is 31.7 Å². The molecule has 0 aliphatic heterocycles. The van der Waals surface area contributed by atoms with E-state index in [-0.39, 0.29) is 12.5 Å². The number of aromatic nitrogens is 1. The number of aryl methyl sites for hydroxylation is 1. The average Bonchev–Trinajstić information content (AvgIpc) is 2.75. The smallest absolute Gasteiger partial charge is 0.330 e. The average molecular weight is 329 g/mol. The lowest BCUT2D eigenvalue weighted by Gasteiger charge is -2.58. The quantitative estimate of drug-likeness (QED) is 0.867. The second kappa shape index (κ2) is 5.59. The number of hydrogen-bond donors (Lipinski definition) is 2. The molecule has 0 aromatic carbocycles. The fourth-order valence-electron chi connectivity index (χ4n) is 3.04. The summed E-state index contributed by atoms with van der Waals surface area (Å²) in [5, 5.41) is 12.8. The van der Waals surface area contributed by atoms with Gasteiger partial charge in [0.25, 0.3) is 5.91 Å². The molecule has 1 heterocycles. The van der Waals surface area contributed by atoms with Crippen LogP contribution in [0.1, 0.15) is 37.7 Å². The predicted molar refractivity (Wildman–Crippen MR) is 82.1 cm³/mol. The number of rotatable bonds is 5. The van der Waals surface area contributed by atoms with Gasteiger partial charge in [-0.15, -0.1) is 0 Å². The van der Waals surface area contributed by atoms with E-state index in [1.165, 1.54) is 6.07 Å². The van der Waals surface area contributed by atoms with E-state index in [0.29, 0.717) is 17.3 Å². The molecule has 2 N–H and O–H groups in total. The number of carboxylic acids is 1. The van der Waals surface area contributed by atoms with Crippen molar-refractivity contribution in [2.75, 3.05) is 6.61 Å². The maximum Gasteiger partial charge on any atom is 0.330 e. The van der Waals surface area contributed by atoms with Crippen molar-refractivity contribution in [2.45, 2.75) is 38.8 Å². The summed E-state index contributed by atoms with van der Waals surface area (Å²) in [4.78, 5) is 24.3. The standard InChI is InChI=1S/C15H21ClN2O4/c1-5-22-11-7-15(13(20)21,14(11,2)3)17-12(19)10-6-9(16)8-18(10)4/h6,8,11H,5,7H2,1-4H3,(H,17,19)(H,20,21)/t11-,15+/m1/s1. The Morgan fingerprint density at radius 1 is 1.55 bits per heavy atom. The molecule has 22 heavy (non-hydrogen) atoms. The van der Waals surface area contributed by atoms with Crippen LogP contribution >= 0.6 is 11.6 Å². The van der Waals surface area contributed by atoms with Crippen molar-refractivity contribution in [2.24, 2.45) is 12.5 Å². The number of nitrogens with one attached hydrogen (secondary N) is 1. The molecule has 0 radical (unpaired) electrons. The summed E-state index contributed by atoms with van der Waals surface area (Å²) in [5.74, 6) is -1.51. The number of aliphatic carboxylic acids is 1. The minimum Gasteiger partial charge on any atom is -0.479 e. The molecule has 0 bridgehead atoms. The molecule has 1 aromatic heterocycles. The molecule has 1 saturated carbocycles. The number of ether oxygens (including phenoxy) is 1. The molecular formula is C15H21ClN2O4. The number of amides is 1. The maximum atomic E-state index is 12.4. The zero-order chi connectivity index (χ0) is 16.7. The molecule has 0 spiro atoms.